The van der Waals surface area contributed by atoms with Crippen LogP contribution in [0.1, 0.15) is 6.42 Å². The second kappa shape index (κ2) is 3.12. The van der Waals surface area contributed by atoms with Crippen LogP contribution in [0.15, 0.2) is 0 Å². The van der Waals surface area contributed by atoms with E-state index in [-0.39, 0.29) is 23.9 Å². The average Bonchev–Trinajstić information content (AvgIpc) is 2.68. The summed E-state index contributed by atoms with van der Waals surface area (Å²) in [6.45, 7) is -0.350. The summed E-state index contributed by atoms with van der Waals surface area (Å²) in [6.07, 6.45) is 0.436. The Morgan fingerprint density at radius 3 is 3.14 bits per heavy atom. The monoisotopic (exact) mass is 213 g/mol. The van der Waals surface area contributed by atoms with Gasteiger partial charge in [0.25, 0.3) is 0 Å². The van der Waals surface area contributed by atoms with Gasteiger partial charge in [0.15, 0.2) is 0 Å². The number of fused-ring (bicyclic) bond motifs is 1. The van der Waals surface area contributed by atoms with Gasteiger partial charge in [-0.05, 0) is 0 Å². The second-order valence-electron chi connectivity index (χ2n) is 3.66. The Balaban J connectivity index is 2.26. The number of carbonyl (C=O) groups excluding carboxylic acids is 1. The highest BCUT2D eigenvalue weighted by Crippen LogP contribution is 2.40. The van der Waals surface area contributed by atoms with E-state index in [2.05, 4.69) is 6.07 Å². The van der Waals surface area contributed by atoms with Gasteiger partial charge in [-0.25, -0.2) is 0 Å². The summed E-state index contributed by atoms with van der Waals surface area (Å²) in [6, 6.07) is 1.69. The van der Waals surface area contributed by atoms with E-state index >= 15 is 0 Å². The molecule has 0 aromatic heterocycles. The highest BCUT2D eigenvalue weighted by molar-refractivity contribution is 8.00. The third-order valence-corrected chi connectivity index (χ3v) is 4.01. The number of nitrogens with two attached hydrogens (primary N) is 1. The summed E-state index contributed by atoms with van der Waals surface area (Å²) >= 11 is 1.56. The van der Waals surface area contributed by atoms with E-state index in [0.717, 1.165) is 0 Å². The van der Waals surface area contributed by atoms with Crippen molar-refractivity contribution in [2.45, 2.75) is 23.4 Å². The molecule has 3 N–H and O–H groups in total. The number of carbonyl (C=O) groups is 1. The van der Waals surface area contributed by atoms with Crippen molar-refractivity contribution in [3.05, 3.63) is 0 Å². The van der Waals surface area contributed by atoms with Crippen molar-refractivity contribution in [1.82, 2.24) is 4.90 Å². The summed E-state index contributed by atoms with van der Waals surface area (Å²) in [7, 11) is 0. The zero-order valence-corrected chi connectivity index (χ0v) is 8.33. The van der Waals surface area contributed by atoms with Crippen LogP contribution in [-0.4, -0.2) is 45.2 Å². The van der Waals surface area contributed by atoms with E-state index in [4.69, 9.17) is 16.1 Å². The van der Waals surface area contributed by atoms with Crippen LogP contribution >= 0.6 is 11.8 Å². The van der Waals surface area contributed by atoms with E-state index in [1.165, 1.54) is 4.90 Å². The molecule has 76 valence electrons. The first kappa shape index (κ1) is 9.77. The van der Waals surface area contributed by atoms with Crippen LogP contribution < -0.4 is 5.73 Å². The molecule has 2 heterocycles. The number of nitriles is 1. The van der Waals surface area contributed by atoms with Crippen molar-refractivity contribution in [2.24, 2.45) is 5.73 Å². The van der Waals surface area contributed by atoms with Gasteiger partial charge >= 0.3 is 0 Å². The lowest BCUT2D eigenvalue weighted by molar-refractivity contribution is -0.134. The van der Waals surface area contributed by atoms with Crippen LogP contribution in [0, 0.1) is 11.3 Å². The molecule has 0 aromatic rings. The molecular formula is C8H11N3O2S. The summed E-state index contributed by atoms with van der Waals surface area (Å²) in [5.41, 5.74) is 4.59. The zero-order chi connectivity index (χ0) is 10.3. The van der Waals surface area contributed by atoms with Crippen LogP contribution in [0.5, 0.6) is 0 Å². The molecule has 2 aliphatic rings. The smallest absolute Gasteiger partial charge is 0.247 e. The van der Waals surface area contributed by atoms with E-state index in [1.54, 1.807) is 11.8 Å². The van der Waals surface area contributed by atoms with E-state index in [1.807, 2.05) is 0 Å². The number of aliphatic hydroxyl groups is 1. The van der Waals surface area contributed by atoms with Gasteiger partial charge in [-0.15, -0.1) is 11.8 Å². The molecule has 0 aliphatic carbocycles. The van der Waals surface area contributed by atoms with E-state index in [9.17, 15) is 4.79 Å². The minimum atomic E-state index is -1.16. The molecule has 14 heavy (non-hydrogen) atoms. The molecule has 2 rings (SSSR count). The lowest BCUT2D eigenvalue weighted by atomic mass is 10.0. The molecule has 0 unspecified atom stereocenters. The Morgan fingerprint density at radius 2 is 2.57 bits per heavy atom. The molecule has 0 saturated carbocycles. The molecule has 2 saturated heterocycles. The van der Waals surface area contributed by atoms with Gasteiger partial charge in [-0.3, -0.25) is 4.79 Å². The van der Waals surface area contributed by atoms with Crippen molar-refractivity contribution >= 4 is 17.7 Å². The van der Waals surface area contributed by atoms with Gasteiger partial charge in [0, 0.05) is 12.2 Å². The SMILES string of the molecule is N#C[C@@H]1CS[C@H]2C[C@](N)(CO)C(=O)N12. The predicted molar refractivity (Wildman–Crippen MR) is 51.1 cm³/mol. The van der Waals surface area contributed by atoms with Gasteiger partial charge in [0.1, 0.15) is 11.6 Å². The van der Waals surface area contributed by atoms with Crippen molar-refractivity contribution < 1.29 is 9.90 Å². The fourth-order valence-electron chi connectivity index (χ4n) is 1.88. The van der Waals surface area contributed by atoms with Crippen molar-refractivity contribution in [3.8, 4) is 6.07 Å². The largest absolute Gasteiger partial charge is 0.394 e. The van der Waals surface area contributed by atoms with Crippen molar-refractivity contribution in [3.63, 3.8) is 0 Å². The molecule has 0 aromatic carbocycles. The van der Waals surface area contributed by atoms with Gasteiger partial charge in [0.2, 0.25) is 5.91 Å². The highest BCUT2D eigenvalue weighted by Gasteiger charge is 2.54. The van der Waals surface area contributed by atoms with Gasteiger partial charge in [0.05, 0.1) is 18.0 Å². The topological polar surface area (TPSA) is 90.4 Å². The lowest BCUT2D eigenvalue weighted by Crippen LogP contribution is -2.52. The molecule has 2 aliphatic heterocycles. The number of aliphatic hydroxyl groups excluding tert-OH is 1. The fraction of sp³-hybridized carbons (Fsp3) is 0.750. The first-order valence-electron chi connectivity index (χ1n) is 4.36. The van der Waals surface area contributed by atoms with Crippen molar-refractivity contribution in [2.75, 3.05) is 12.4 Å². The first-order chi connectivity index (χ1) is 6.62. The average molecular weight is 213 g/mol. The Hall–Kier alpha value is -0.770. The maximum Gasteiger partial charge on any atom is 0.247 e. The lowest BCUT2D eigenvalue weighted by Gasteiger charge is -2.21. The number of nitrogens with zero attached hydrogens (tertiary/aromatic N) is 2. The number of hydrogen-bond acceptors (Lipinski definition) is 5. The normalized spacial score (nSPS) is 41.2. The molecule has 2 fully saturated rings. The van der Waals surface area contributed by atoms with Gasteiger partial charge in [-0.1, -0.05) is 0 Å². The maximum atomic E-state index is 11.8. The van der Waals surface area contributed by atoms with E-state index < -0.39 is 5.54 Å². The molecule has 6 heteroatoms. The predicted octanol–water partition coefficient (Wildman–Crippen LogP) is -1.13. The minimum absolute atomic E-state index is 0.0238. The summed E-state index contributed by atoms with van der Waals surface area (Å²) in [4.78, 5) is 13.3. The molecule has 5 nitrogen and oxygen atoms in total. The van der Waals surface area contributed by atoms with Crippen LogP contribution in [0.4, 0.5) is 0 Å². The fourth-order valence-corrected chi connectivity index (χ4v) is 3.34. The van der Waals surface area contributed by atoms with Crippen LogP contribution in [-0.2, 0) is 4.79 Å². The molecule has 0 spiro atoms. The Labute approximate surface area is 85.9 Å². The number of amides is 1. The number of thioether (sulfide) groups is 1. The molecule has 0 radical (unpaired) electrons. The second-order valence-corrected chi connectivity index (χ2v) is 4.87. The molecule has 3 atom stereocenters. The van der Waals surface area contributed by atoms with Crippen LogP contribution in [0.3, 0.4) is 0 Å². The van der Waals surface area contributed by atoms with Crippen LogP contribution in [0.25, 0.3) is 0 Å². The minimum Gasteiger partial charge on any atom is -0.394 e. The Bertz CT molecular complexity index is 316. The Kier molecular flexibility index (Phi) is 2.18. The molecule has 0 bridgehead atoms. The Morgan fingerprint density at radius 1 is 1.86 bits per heavy atom. The molecule has 1 amide bonds. The quantitative estimate of drug-likeness (QED) is 0.575. The van der Waals surface area contributed by atoms with Crippen LogP contribution in [0.2, 0.25) is 0 Å². The van der Waals surface area contributed by atoms with Crippen molar-refractivity contribution in [1.29, 1.82) is 5.26 Å². The molecular weight excluding hydrogens is 202 g/mol. The first-order valence-corrected chi connectivity index (χ1v) is 5.41. The standard InChI is InChI=1S/C8H11N3O2S/c9-2-5-3-14-6-1-8(10,4-12)7(13)11(5)6/h5-6,12H,1,3-4,10H2/t5-,6+,8+/m1/s1. The maximum absolute atomic E-state index is 11.8. The van der Waals surface area contributed by atoms with Gasteiger partial charge in [-0.2, -0.15) is 5.26 Å². The third-order valence-electron chi connectivity index (χ3n) is 2.72. The van der Waals surface area contributed by atoms with Gasteiger partial charge < -0.3 is 15.7 Å². The third kappa shape index (κ3) is 1.13. The number of rotatable bonds is 1. The summed E-state index contributed by atoms with van der Waals surface area (Å²) < 4.78 is 0. The highest BCUT2D eigenvalue weighted by atomic mass is 32.2. The summed E-state index contributed by atoms with van der Waals surface area (Å²) in [5, 5.41) is 17.8. The zero-order valence-electron chi connectivity index (χ0n) is 7.51. The summed E-state index contributed by atoms with van der Waals surface area (Å²) in [5.74, 6) is 0.357. The number of hydrogen-bond donors (Lipinski definition) is 2. The van der Waals surface area contributed by atoms with E-state index in [0.29, 0.717) is 12.2 Å².